The molecule has 24 valence electrons. The maximum absolute atomic E-state index is 3.99. The van der Waals surface area contributed by atoms with Crippen molar-refractivity contribution in [1.29, 1.82) is 0 Å². The first-order chi connectivity index (χ1) is 1.89. The van der Waals surface area contributed by atoms with E-state index in [0.29, 0.717) is 0 Å². The molecule has 0 aromatic carbocycles. The van der Waals surface area contributed by atoms with Gasteiger partial charge < -0.3 is 12.6 Å². The molecule has 1 saturated carbocycles. The summed E-state index contributed by atoms with van der Waals surface area (Å²) < 4.78 is 0. The third-order valence-electron chi connectivity index (χ3n) is 0.474. The smallest absolute Gasteiger partial charge is 0.366 e. The minimum Gasteiger partial charge on any atom is -0.366 e. The molecule has 0 amide bonds. The molecule has 0 aliphatic heterocycles. The van der Waals surface area contributed by atoms with Gasteiger partial charge in [-0.3, -0.25) is 5.25 Å². The summed E-state index contributed by atoms with van der Waals surface area (Å²) >= 11 is 3.99. The summed E-state index contributed by atoms with van der Waals surface area (Å²) in [6, 6.07) is 0. The van der Waals surface area contributed by atoms with Gasteiger partial charge in [-0.05, 0) is 0 Å². The van der Waals surface area contributed by atoms with Crippen molar-refractivity contribution < 1.29 is 18.9 Å². The van der Waals surface area contributed by atoms with E-state index in [9.17, 15) is 0 Å². The first kappa shape index (κ1) is 5.95. The van der Waals surface area contributed by atoms with E-state index in [1.165, 1.54) is 18.1 Å². The molecule has 2 heteroatoms. The van der Waals surface area contributed by atoms with Crippen LogP contribution >= 0.6 is 12.6 Å². The van der Waals surface area contributed by atoms with Crippen LogP contribution < -0.4 is 18.9 Å². The van der Waals surface area contributed by atoms with Crippen molar-refractivity contribution in [2.45, 2.75) is 12.8 Å². The van der Waals surface area contributed by atoms with Gasteiger partial charge in [0.2, 0.25) is 0 Å². The van der Waals surface area contributed by atoms with E-state index in [1.807, 2.05) is 0 Å². The number of hydrogen-bond acceptors (Lipinski definition) is 1. The van der Waals surface area contributed by atoms with Gasteiger partial charge in [-0.1, -0.05) is 0 Å². The molecule has 0 aromatic rings. The van der Waals surface area contributed by atoms with E-state index in [2.05, 4.69) is 12.6 Å². The van der Waals surface area contributed by atoms with Gasteiger partial charge in [-0.15, -0.1) is 0 Å². The van der Waals surface area contributed by atoms with E-state index in [0.717, 1.165) is 0 Å². The average molecular weight is 80.1 g/mol. The molecule has 1 aliphatic carbocycles. The summed E-state index contributed by atoms with van der Waals surface area (Å²) in [6.45, 7) is 0. The quantitative estimate of drug-likeness (QED) is 0.199. The topological polar surface area (TPSA) is 0 Å². The predicted octanol–water partition coefficient (Wildman–Crippen LogP) is -1.75. The second-order valence-corrected chi connectivity index (χ2v) is 1.70. The van der Waals surface area contributed by atoms with Gasteiger partial charge in [0.25, 0.3) is 0 Å². The zero-order chi connectivity index (χ0) is 2.99. The standard InChI is InChI=1S/C3H5S.Li/c4-3-1-2-3;/h4H,1-2H2;/q-1;+1. The van der Waals surface area contributed by atoms with Crippen LogP contribution in [0.5, 0.6) is 0 Å². The Morgan fingerprint density at radius 3 is 1.60 bits per heavy atom. The van der Waals surface area contributed by atoms with E-state index < -0.39 is 0 Å². The average Bonchev–Trinajstić information content (AvgIpc) is 1.75. The normalized spacial score (nSPS) is 21.0. The van der Waals surface area contributed by atoms with Gasteiger partial charge in [0, 0.05) is 0 Å². The zero-order valence-electron chi connectivity index (χ0n) is 3.36. The third-order valence-corrected chi connectivity index (χ3v) is 0.921. The largest absolute Gasteiger partial charge is 1.00 e. The molecule has 5 heavy (non-hydrogen) atoms. The Morgan fingerprint density at radius 1 is 1.40 bits per heavy atom. The van der Waals surface area contributed by atoms with Crippen molar-refractivity contribution in [2.75, 3.05) is 0 Å². The van der Waals surface area contributed by atoms with E-state index in [4.69, 9.17) is 0 Å². The van der Waals surface area contributed by atoms with Crippen LogP contribution in [0.15, 0.2) is 0 Å². The van der Waals surface area contributed by atoms with Crippen LogP contribution in [0.2, 0.25) is 0 Å². The molecular weight excluding hydrogens is 75.0 g/mol. The van der Waals surface area contributed by atoms with Gasteiger partial charge >= 0.3 is 18.9 Å². The van der Waals surface area contributed by atoms with Crippen LogP contribution in [-0.4, -0.2) is 0 Å². The fraction of sp³-hybridized carbons (Fsp3) is 0.667. The fourth-order valence-electron chi connectivity index (χ4n) is 0.0559. The van der Waals surface area contributed by atoms with Crippen molar-refractivity contribution in [2.24, 2.45) is 0 Å². The van der Waals surface area contributed by atoms with Crippen LogP contribution in [0, 0.1) is 5.25 Å². The number of rotatable bonds is 0. The summed E-state index contributed by atoms with van der Waals surface area (Å²) in [6.07, 6.45) is 2.53. The summed E-state index contributed by atoms with van der Waals surface area (Å²) in [5, 5.41) is 1.36. The Kier molecular flexibility index (Phi) is 2.59. The molecule has 0 spiro atoms. The summed E-state index contributed by atoms with van der Waals surface area (Å²) in [5.74, 6) is 0. The van der Waals surface area contributed by atoms with Crippen molar-refractivity contribution in [3.05, 3.63) is 5.25 Å². The first-order valence-corrected chi connectivity index (χ1v) is 1.88. The molecule has 0 radical (unpaired) electrons. The SMILES string of the molecule is S[C-]1CC1.[Li+]. The third kappa shape index (κ3) is 2.76. The number of hydrogen-bond donors (Lipinski definition) is 1. The zero-order valence-corrected chi connectivity index (χ0v) is 4.26. The minimum atomic E-state index is 0. The Hall–Kier alpha value is 0.947. The van der Waals surface area contributed by atoms with Gasteiger partial charge in [0.15, 0.2) is 0 Å². The maximum Gasteiger partial charge on any atom is 1.00 e. The Morgan fingerprint density at radius 2 is 1.60 bits per heavy atom. The molecule has 0 unspecified atom stereocenters. The van der Waals surface area contributed by atoms with Crippen molar-refractivity contribution in [3.8, 4) is 0 Å². The Balaban J connectivity index is 0.000000160. The molecule has 0 N–H and O–H groups in total. The van der Waals surface area contributed by atoms with Crippen molar-refractivity contribution in [1.82, 2.24) is 0 Å². The van der Waals surface area contributed by atoms with Crippen LogP contribution in [0.1, 0.15) is 12.8 Å². The molecule has 0 heterocycles. The van der Waals surface area contributed by atoms with Crippen LogP contribution in [0.3, 0.4) is 0 Å². The summed E-state index contributed by atoms with van der Waals surface area (Å²) in [5.41, 5.74) is 0. The molecule has 1 fully saturated rings. The van der Waals surface area contributed by atoms with E-state index in [-0.39, 0.29) is 18.9 Å². The van der Waals surface area contributed by atoms with Crippen LogP contribution in [-0.2, 0) is 0 Å². The van der Waals surface area contributed by atoms with Crippen molar-refractivity contribution >= 4 is 12.6 Å². The Bertz CT molecular complexity index is 26.1. The predicted molar refractivity (Wildman–Crippen MR) is 21.5 cm³/mol. The van der Waals surface area contributed by atoms with Crippen LogP contribution in [0.25, 0.3) is 0 Å². The monoisotopic (exact) mass is 80.0 g/mol. The van der Waals surface area contributed by atoms with Gasteiger partial charge in [0.1, 0.15) is 0 Å². The van der Waals surface area contributed by atoms with Crippen LogP contribution in [0.4, 0.5) is 0 Å². The number of thiol groups is 1. The summed E-state index contributed by atoms with van der Waals surface area (Å²) in [7, 11) is 0. The van der Waals surface area contributed by atoms with Gasteiger partial charge in [0.05, 0.1) is 0 Å². The Labute approximate surface area is 49.9 Å². The molecule has 0 nitrogen and oxygen atoms in total. The molecule has 0 atom stereocenters. The molecule has 0 saturated heterocycles. The van der Waals surface area contributed by atoms with E-state index in [1.54, 1.807) is 0 Å². The second-order valence-electron chi connectivity index (χ2n) is 1.07. The second kappa shape index (κ2) is 2.18. The van der Waals surface area contributed by atoms with Gasteiger partial charge in [-0.2, -0.15) is 12.8 Å². The maximum atomic E-state index is 3.99. The van der Waals surface area contributed by atoms with E-state index >= 15 is 0 Å². The molecule has 1 rings (SSSR count). The fourth-order valence-corrected chi connectivity index (χ4v) is 0.168. The van der Waals surface area contributed by atoms with Gasteiger partial charge in [-0.25, -0.2) is 0 Å². The molecular formula is C3H5LiS. The minimum absolute atomic E-state index is 0. The molecule has 0 aromatic heterocycles. The first-order valence-electron chi connectivity index (χ1n) is 1.43. The molecule has 0 bridgehead atoms. The molecule has 1 aliphatic rings. The summed E-state index contributed by atoms with van der Waals surface area (Å²) in [4.78, 5) is 0. The van der Waals surface area contributed by atoms with Crippen molar-refractivity contribution in [3.63, 3.8) is 0 Å².